The van der Waals surface area contributed by atoms with E-state index in [2.05, 4.69) is 30.4 Å². The van der Waals surface area contributed by atoms with Crippen LogP contribution in [0, 0.1) is 5.92 Å². The second kappa shape index (κ2) is 5.02. The molecule has 0 N–H and O–H groups in total. The summed E-state index contributed by atoms with van der Waals surface area (Å²) in [5.74, 6) is 0.480. The van der Waals surface area contributed by atoms with Crippen LogP contribution in [0.3, 0.4) is 0 Å². The van der Waals surface area contributed by atoms with Crippen molar-refractivity contribution in [3.8, 4) is 0 Å². The Morgan fingerprint density at radius 1 is 1.38 bits per heavy atom. The molecule has 0 unspecified atom stereocenters. The largest absolute Gasteiger partial charge is 0.231 e. The number of allylic oxidation sites excluding steroid dienone is 1. The Morgan fingerprint density at radius 2 is 2.00 bits per heavy atom. The van der Waals surface area contributed by atoms with E-state index in [-0.39, 0.29) is 0 Å². The summed E-state index contributed by atoms with van der Waals surface area (Å²) in [5, 5.41) is 1.31. The molecule has 0 aliphatic heterocycles. The van der Waals surface area contributed by atoms with Crippen LogP contribution in [-0.2, 0) is 0 Å². The molecule has 2 nitrogen and oxygen atoms in total. The lowest BCUT2D eigenvalue weighted by Gasteiger charge is -2.13. The van der Waals surface area contributed by atoms with Gasteiger partial charge in [-0.25, -0.2) is 9.97 Å². The van der Waals surface area contributed by atoms with Crippen molar-refractivity contribution in [3.05, 3.63) is 31.1 Å². The molecule has 0 fully saturated rings. The minimum atomic E-state index is 0.472. The van der Waals surface area contributed by atoms with Crippen LogP contribution in [-0.4, -0.2) is 15.2 Å². The summed E-state index contributed by atoms with van der Waals surface area (Å²) in [4.78, 5) is 8.31. The van der Waals surface area contributed by atoms with E-state index in [1.54, 1.807) is 24.2 Å². The molecular formula is C10H14N2S. The fourth-order valence-electron chi connectivity index (χ4n) is 0.812. The Kier molecular flexibility index (Phi) is 3.96. The van der Waals surface area contributed by atoms with Crippen molar-refractivity contribution in [3.63, 3.8) is 0 Å². The van der Waals surface area contributed by atoms with E-state index in [0.29, 0.717) is 11.2 Å². The third-order valence-electron chi connectivity index (χ3n) is 1.95. The zero-order valence-electron chi connectivity index (χ0n) is 7.97. The van der Waals surface area contributed by atoms with Crippen molar-refractivity contribution >= 4 is 11.8 Å². The zero-order valence-corrected chi connectivity index (χ0v) is 8.79. The molecule has 13 heavy (non-hydrogen) atoms. The third kappa shape index (κ3) is 3.19. The summed E-state index contributed by atoms with van der Waals surface area (Å²) in [5.41, 5.74) is 0. The Balaban J connectivity index is 2.54. The Labute approximate surface area is 83.5 Å². The van der Waals surface area contributed by atoms with Gasteiger partial charge in [0.1, 0.15) is 0 Å². The van der Waals surface area contributed by atoms with Gasteiger partial charge in [-0.15, -0.1) is 6.58 Å². The fraction of sp³-hybridized carbons (Fsp3) is 0.400. The number of hydrogen-bond acceptors (Lipinski definition) is 3. The van der Waals surface area contributed by atoms with Gasteiger partial charge >= 0.3 is 0 Å². The number of aromatic nitrogens is 2. The molecule has 0 saturated heterocycles. The molecule has 2 atom stereocenters. The SMILES string of the molecule is C=C[C@H](C)[C@@H](C)Sc1ncccn1. The molecule has 0 aromatic carbocycles. The van der Waals surface area contributed by atoms with Crippen molar-refractivity contribution in [2.75, 3.05) is 0 Å². The van der Waals surface area contributed by atoms with Crippen molar-refractivity contribution in [1.29, 1.82) is 0 Å². The van der Waals surface area contributed by atoms with E-state index in [4.69, 9.17) is 0 Å². The van der Waals surface area contributed by atoms with Crippen molar-refractivity contribution in [1.82, 2.24) is 9.97 Å². The molecule has 0 spiro atoms. The van der Waals surface area contributed by atoms with Gasteiger partial charge in [-0.1, -0.05) is 31.7 Å². The van der Waals surface area contributed by atoms with Crippen LogP contribution < -0.4 is 0 Å². The molecule has 0 aliphatic carbocycles. The Morgan fingerprint density at radius 3 is 2.54 bits per heavy atom. The number of hydrogen-bond donors (Lipinski definition) is 0. The lowest BCUT2D eigenvalue weighted by Crippen LogP contribution is -2.07. The molecule has 70 valence electrons. The zero-order chi connectivity index (χ0) is 9.68. The van der Waals surface area contributed by atoms with E-state index < -0.39 is 0 Å². The van der Waals surface area contributed by atoms with Crippen molar-refractivity contribution in [2.45, 2.75) is 24.3 Å². The number of thioether (sulfide) groups is 1. The van der Waals surface area contributed by atoms with Crippen LogP contribution in [0.4, 0.5) is 0 Å². The summed E-state index contributed by atoms with van der Waals surface area (Å²) >= 11 is 1.68. The van der Waals surface area contributed by atoms with E-state index in [0.717, 1.165) is 5.16 Å². The quantitative estimate of drug-likeness (QED) is 0.419. The van der Waals surface area contributed by atoms with E-state index in [9.17, 15) is 0 Å². The molecule has 3 heteroatoms. The highest BCUT2D eigenvalue weighted by Gasteiger charge is 2.11. The first-order chi connectivity index (χ1) is 6.24. The lowest BCUT2D eigenvalue weighted by atomic mass is 10.1. The van der Waals surface area contributed by atoms with Gasteiger partial charge in [0.2, 0.25) is 0 Å². The molecule has 1 aromatic heterocycles. The predicted molar refractivity (Wildman–Crippen MR) is 56.7 cm³/mol. The monoisotopic (exact) mass is 194 g/mol. The molecule has 0 amide bonds. The molecule has 0 bridgehead atoms. The summed E-state index contributed by atoms with van der Waals surface area (Å²) < 4.78 is 0. The first-order valence-corrected chi connectivity index (χ1v) is 5.18. The van der Waals surface area contributed by atoms with Crippen LogP contribution in [0.25, 0.3) is 0 Å². The minimum Gasteiger partial charge on any atom is -0.231 e. The van der Waals surface area contributed by atoms with Gasteiger partial charge in [0.25, 0.3) is 0 Å². The molecule has 0 saturated carbocycles. The molecule has 1 rings (SSSR count). The van der Waals surface area contributed by atoms with Crippen LogP contribution in [0.15, 0.2) is 36.3 Å². The standard InChI is InChI=1S/C10H14N2S/c1-4-8(2)9(3)13-10-11-6-5-7-12-10/h4-9H,1H2,2-3H3/t8-,9+/m0/s1. The van der Waals surface area contributed by atoms with Gasteiger partial charge in [-0.05, 0) is 12.0 Å². The summed E-state index contributed by atoms with van der Waals surface area (Å²) in [6.45, 7) is 8.08. The maximum Gasteiger partial charge on any atom is 0.187 e. The van der Waals surface area contributed by atoms with E-state index >= 15 is 0 Å². The molecule has 1 heterocycles. The second-order valence-electron chi connectivity index (χ2n) is 2.95. The average molecular weight is 194 g/mol. The number of nitrogens with zero attached hydrogens (tertiary/aromatic N) is 2. The van der Waals surface area contributed by atoms with Crippen molar-refractivity contribution in [2.24, 2.45) is 5.92 Å². The smallest absolute Gasteiger partial charge is 0.187 e. The first kappa shape index (κ1) is 10.3. The Bertz CT molecular complexity index is 261. The molecular weight excluding hydrogens is 180 g/mol. The van der Waals surface area contributed by atoms with Gasteiger partial charge in [-0.2, -0.15) is 0 Å². The highest BCUT2D eigenvalue weighted by Crippen LogP contribution is 2.24. The van der Waals surface area contributed by atoms with E-state index in [1.807, 2.05) is 12.1 Å². The van der Waals surface area contributed by atoms with Gasteiger partial charge in [0, 0.05) is 17.6 Å². The third-order valence-corrected chi connectivity index (χ3v) is 3.17. The highest BCUT2D eigenvalue weighted by atomic mass is 32.2. The predicted octanol–water partition coefficient (Wildman–Crippen LogP) is 2.78. The minimum absolute atomic E-state index is 0.472. The van der Waals surface area contributed by atoms with Gasteiger partial charge in [-0.3, -0.25) is 0 Å². The molecule has 0 aliphatic rings. The normalized spacial score (nSPS) is 14.9. The fourth-order valence-corrected chi connectivity index (χ4v) is 1.71. The van der Waals surface area contributed by atoms with E-state index in [1.165, 1.54) is 0 Å². The van der Waals surface area contributed by atoms with Crippen LogP contribution in [0.1, 0.15) is 13.8 Å². The van der Waals surface area contributed by atoms with Crippen LogP contribution in [0.5, 0.6) is 0 Å². The molecule has 1 aromatic rings. The van der Waals surface area contributed by atoms with Crippen LogP contribution >= 0.6 is 11.8 Å². The van der Waals surface area contributed by atoms with Gasteiger partial charge in [0.15, 0.2) is 5.16 Å². The number of rotatable bonds is 4. The maximum absolute atomic E-state index is 4.15. The summed E-state index contributed by atoms with van der Waals surface area (Å²) in [6.07, 6.45) is 5.49. The molecule has 0 radical (unpaired) electrons. The van der Waals surface area contributed by atoms with Crippen LogP contribution in [0.2, 0.25) is 0 Å². The van der Waals surface area contributed by atoms with Gasteiger partial charge in [0.05, 0.1) is 0 Å². The maximum atomic E-state index is 4.15. The highest BCUT2D eigenvalue weighted by molar-refractivity contribution is 7.99. The average Bonchev–Trinajstić information content (AvgIpc) is 2.18. The summed E-state index contributed by atoms with van der Waals surface area (Å²) in [6, 6.07) is 1.83. The lowest BCUT2D eigenvalue weighted by molar-refractivity contribution is 0.714. The Hall–Kier alpha value is -0.830. The second-order valence-corrected chi connectivity index (χ2v) is 4.29. The first-order valence-electron chi connectivity index (χ1n) is 4.30. The van der Waals surface area contributed by atoms with Crippen molar-refractivity contribution < 1.29 is 0 Å². The summed E-state index contributed by atoms with van der Waals surface area (Å²) in [7, 11) is 0. The van der Waals surface area contributed by atoms with Gasteiger partial charge < -0.3 is 0 Å². The topological polar surface area (TPSA) is 25.8 Å².